The van der Waals surface area contributed by atoms with E-state index < -0.39 is 23.9 Å². The fourth-order valence-corrected chi connectivity index (χ4v) is 5.42. The maximum Gasteiger partial charge on any atom is 0.249 e. The highest BCUT2D eigenvalue weighted by Crippen LogP contribution is 2.36. The SMILES string of the molecule is O=C(NC1CCC(F)(F)CC1)[C@@H](c1cnccn1)N(C(=O)CS)c1ccc(C2CCNS2)cc1. The molecule has 0 spiro atoms. The number of alkyl halides is 2. The molecule has 1 saturated carbocycles. The second-order valence-corrected chi connectivity index (χ2v) is 9.88. The minimum atomic E-state index is -2.70. The van der Waals surface area contributed by atoms with Crippen LogP contribution in [-0.2, 0) is 9.59 Å². The van der Waals surface area contributed by atoms with Crippen LogP contribution in [0.5, 0.6) is 0 Å². The molecule has 182 valence electrons. The van der Waals surface area contributed by atoms with Crippen LogP contribution in [0.15, 0.2) is 42.9 Å². The molecule has 1 aliphatic carbocycles. The lowest BCUT2D eigenvalue weighted by Crippen LogP contribution is -2.49. The van der Waals surface area contributed by atoms with Gasteiger partial charge in [-0.15, -0.1) is 0 Å². The highest BCUT2D eigenvalue weighted by Gasteiger charge is 2.38. The minimum absolute atomic E-state index is 0.121. The summed E-state index contributed by atoms with van der Waals surface area (Å²) in [5, 5.41) is 3.20. The van der Waals surface area contributed by atoms with Crippen molar-refractivity contribution in [2.24, 2.45) is 0 Å². The zero-order chi connectivity index (χ0) is 24.1. The third-order valence-corrected chi connectivity index (χ3v) is 7.55. The Morgan fingerprint density at radius 1 is 1.21 bits per heavy atom. The molecular weight excluding hydrogens is 480 g/mol. The lowest BCUT2D eigenvalue weighted by atomic mass is 9.92. The summed E-state index contributed by atoms with van der Waals surface area (Å²) in [6.07, 6.45) is 5.18. The molecule has 2 heterocycles. The number of halogens is 2. The average Bonchev–Trinajstić information content (AvgIpc) is 3.39. The molecule has 2 amide bonds. The Hall–Kier alpha value is -2.24. The number of hydrogen-bond acceptors (Lipinski definition) is 7. The Bertz CT molecular complexity index is 981. The zero-order valence-corrected chi connectivity index (χ0v) is 20.2. The Labute approximate surface area is 207 Å². The van der Waals surface area contributed by atoms with E-state index in [-0.39, 0.29) is 43.0 Å². The van der Waals surface area contributed by atoms with E-state index in [1.165, 1.54) is 23.5 Å². The largest absolute Gasteiger partial charge is 0.351 e. The van der Waals surface area contributed by atoms with E-state index in [1.807, 2.05) is 24.3 Å². The quantitative estimate of drug-likeness (QED) is 0.390. The first-order valence-electron chi connectivity index (χ1n) is 11.2. The van der Waals surface area contributed by atoms with Crippen molar-refractivity contribution in [3.8, 4) is 0 Å². The molecule has 0 bridgehead atoms. The van der Waals surface area contributed by atoms with Crippen LogP contribution in [0.25, 0.3) is 0 Å². The molecule has 1 unspecified atom stereocenters. The Morgan fingerprint density at radius 2 is 1.94 bits per heavy atom. The number of thiol groups is 1. The van der Waals surface area contributed by atoms with Gasteiger partial charge in [0.15, 0.2) is 6.04 Å². The average molecular weight is 508 g/mol. The van der Waals surface area contributed by atoms with Gasteiger partial charge in [-0.2, -0.15) is 12.6 Å². The molecule has 34 heavy (non-hydrogen) atoms. The topological polar surface area (TPSA) is 87.2 Å². The first-order chi connectivity index (χ1) is 16.4. The lowest BCUT2D eigenvalue weighted by Gasteiger charge is -2.33. The first-order valence-corrected chi connectivity index (χ1v) is 12.7. The van der Waals surface area contributed by atoms with Crippen LogP contribution in [0.1, 0.15) is 54.7 Å². The van der Waals surface area contributed by atoms with E-state index in [2.05, 4.69) is 32.6 Å². The van der Waals surface area contributed by atoms with E-state index >= 15 is 0 Å². The molecule has 0 radical (unpaired) electrons. The van der Waals surface area contributed by atoms with Crippen molar-refractivity contribution in [2.45, 2.75) is 55.4 Å². The second-order valence-electron chi connectivity index (χ2n) is 8.47. The van der Waals surface area contributed by atoms with Crippen molar-refractivity contribution in [1.29, 1.82) is 0 Å². The van der Waals surface area contributed by atoms with Crippen molar-refractivity contribution in [3.63, 3.8) is 0 Å². The summed E-state index contributed by atoms with van der Waals surface area (Å²) in [6.45, 7) is 0.934. The number of rotatable bonds is 7. The predicted molar refractivity (Wildman–Crippen MR) is 131 cm³/mol. The summed E-state index contributed by atoms with van der Waals surface area (Å²) >= 11 is 5.84. The van der Waals surface area contributed by atoms with Gasteiger partial charge < -0.3 is 5.32 Å². The van der Waals surface area contributed by atoms with Crippen molar-refractivity contribution < 1.29 is 18.4 Å². The van der Waals surface area contributed by atoms with E-state index in [0.717, 1.165) is 18.5 Å². The molecule has 1 aromatic heterocycles. The van der Waals surface area contributed by atoms with E-state index in [4.69, 9.17) is 0 Å². The van der Waals surface area contributed by atoms with E-state index in [1.54, 1.807) is 11.9 Å². The summed E-state index contributed by atoms with van der Waals surface area (Å²) in [5.41, 5.74) is 1.94. The highest BCUT2D eigenvalue weighted by atomic mass is 32.2. The number of carbonyl (C=O) groups excluding carboxylic acids is 2. The standard InChI is InChI=1S/C23H27F2N5O2S2/c24-23(25)8-5-16(6-9-23)29-22(32)21(18-13-26-11-12-27-18)30(20(31)14-33)17-3-1-15(2-4-17)19-7-10-28-34-19/h1-4,11-13,16,19,21,28,33H,5-10,14H2,(H,29,32)/t19?,21-/m1/s1. The van der Waals surface area contributed by atoms with Crippen molar-refractivity contribution in [2.75, 3.05) is 17.2 Å². The molecule has 2 fully saturated rings. The fraction of sp³-hybridized carbons (Fsp3) is 0.478. The summed E-state index contributed by atoms with van der Waals surface area (Å²) in [5.74, 6) is -3.68. The van der Waals surface area contributed by atoms with Crippen LogP contribution in [0.2, 0.25) is 0 Å². The van der Waals surface area contributed by atoms with Crippen molar-refractivity contribution >= 4 is 42.1 Å². The summed E-state index contributed by atoms with van der Waals surface area (Å²) < 4.78 is 30.4. The molecule has 4 rings (SSSR count). The number of benzene rings is 1. The fourth-order valence-electron chi connectivity index (χ4n) is 4.31. The number of hydrogen-bond donors (Lipinski definition) is 3. The molecular formula is C23H27F2N5O2S2. The van der Waals surface area contributed by atoms with Gasteiger partial charge in [0, 0.05) is 48.8 Å². The zero-order valence-electron chi connectivity index (χ0n) is 18.5. The summed E-state index contributed by atoms with van der Waals surface area (Å²) in [7, 11) is 0. The maximum atomic E-state index is 13.6. The molecule has 7 nitrogen and oxygen atoms in total. The van der Waals surface area contributed by atoms with Gasteiger partial charge in [-0.25, -0.2) is 8.78 Å². The number of amides is 2. The van der Waals surface area contributed by atoms with Crippen LogP contribution in [0, 0.1) is 0 Å². The summed E-state index contributed by atoms with van der Waals surface area (Å²) in [6, 6.07) is 6.03. The highest BCUT2D eigenvalue weighted by molar-refractivity contribution is 7.97. The van der Waals surface area contributed by atoms with Gasteiger partial charge in [-0.1, -0.05) is 24.1 Å². The Kier molecular flexibility index (Phi) is 8.05. The third-order valence-electron chi connectivity index (χ3n) is 6.11. The molecule has 2 aromatic rings. The van der Waals surface area contributed by atoms with Crippen LogP contribution in [0.3, 0.4) is 0 Å². The lowest BCUT2D eigenvalue weighted by molar-refractivity contribution is -0.127. The molecule has 1 aliphatic heterocycles. The van der Waals surface area contributed by atoms with Gasteiger partial charge in [0.2, 0.25) is 17.7 Å². The second kappa shape index (κ2) is 11.0. The molecule has 2 atom stereocenters. The van der Waals surface area contributed by atoms with Gasteiger partial charge in [0.1, 0.15) is 0 Å². The van der Waals surface area contributed by atoms with Gasteiger partial charge in [0.05, 0.1) is 17.6 Å². The molecule has 2 N–H and O–H groups in total. The minimum Gasteiger partial charge on any atom is -0.351 e. The van der Waals surface area contributed by atoms with Gasteiger partial charge in [0.25, 0.3) is 0 Å². The third kappa shape index (κ3) is 5.87. The summed E-state index contributed by atoms with van der Waals surface area (Å²) in [4.78, 5) is 36.3. The number of anilines is 1. The van der Waals surface area contributed by atoms with Gasteiger partial charge >= 0.3 is 0 Å². The van der Waals surface area contributed by atoms with E-state index in [9.17, 15) is 18.4 Å². The Morgan fingerprint density at radius 3 is 2.53 bits per heavy atom. The number of nitrogens with zero attached hydrogens (tertiary/aromatic N) is 3. The number of nitrogens with one attached hydrogen (secondary N) is 2. The van der Waals surface area contributed by atoms with Crippen molar-refractivity contribution in [3.05, 3.63) is 54.1 Å². The Balaban J connectivity index is 1.63. The molecule has 1 saturated heterocycles. The van der Waals surface area contributed by atoms with E-state index in [0.29, 0.717) is 10.9 Å². The number of carbonyl (C=O) groups is 2. The van der Waals surface area contributed by atoms with Gasteiger partial charge in [-0.3, -0.25) is 29.2 Å². The van der Waals surface area contributed by atoms with Crippen LogP contribution in [0.4, 0.5) is 14.5 Å². The maximum absolute atomic E-state index is 13.6. The predicted octanol–water partition coefficient (Wildman–Crippen LogP) is 3.86. The molecule has 2 aliphatic rings. The number of aromatic nitrogens is 2. The smallest absolute Gasteiger partial charge is 0.249 e. The molecule has 1 aromatic carbocycles. The van der Waals surface area contributed by atoms with Crippen LogP contribution < -0.4 is 14.9 Å². The van der Waals surface area contributed by atoms with Crippen molar-refractivity contribution in [1.82, 2.24) is 20.0 Å². The molecule has 11 heteroatoms. The van der Waals surface area contributed by atoms with Gasteiger partial charge in [-0.05, 0) is 37.0 Å². The van der Waals surface area contributed by atoms with Crippen LogP contribution >= 0.6 is 24.6 Å². The first kappa shape index (κ1) is 24.9. The van der Waals surface area contributed by atoms with Crippen LogP contribution in [-0.4, -0.2) is 46.0 Å². The monoisotopic (exact) mass is 507 g/mol. The normalized spacial score (nSPS) is 21.1.